The summed E-state index contributed by atoms with van der Waals surface area (Å²) in [6.45, 7) is 5.51. The quantitative estimate of drug-likeness (QED) is 0.760. The molecule has 1 saturated carbocycles. The van der Waals surface area contributed by atoms with Gasteiger partial charge in [-0.2, -0.15) is 0 Å². The van der Waals surface area contributed by atoms with E-state index in [-0.39, 0.29) is 0 Å². The summed E-state index contributed by atoms with van der Waals surface area (Å²) < 4.78 is 5.61. The molecule has 3 rings (SSSR count). The van der Waals surface area contributed by atoms with Gasteiger partial charge in [-0.3, -0.25) is 0 Å². The van der Waals surface area contributed by atoms with Crippen molar-refractivity contribution in [2.75, 3.05) is 6.61 Å². The number of ether oxygens (including phenoxy) is 1. The number of hydrogen-bond donors (Lipinski definition) is 1. The van der Waals surface area contributed by atoms with Crippen LogP contribution < -0.4 is 5.32 Å². The third-order valence-corrected chi connectivity index (χ3v) is 4.96. The van der Waals surface area contributed by atoms with Crippen molar-refractivity contribution in [2.45, 2.75) is 57.7 Å². The van der Waals surface area contributed by atoms with Gasteiger partial charge in [0.25, 0.3) is 0 Å². The monoisotopic (exact) mass is 235 g/mol. The van der Waals surface area contributed by atoms with E-state index >= 15 is 0 Å². The predicted octanol–water partition coefficient (Wildman–Crippen LogP) is 2.74. The van der Waals surface area contributed by atoms with E-state index < -0.39 is 0 Å². The first-order chi connectivity index (χ1) is 8.22. The normalized spacial score (nSPS) is 46.4. The van der Waals surface area contributed by atoms with Gasteiger partial charge in [-0.15, -0.1) is 0 Å². The largest absolute Gasteiger partial charge is 0.378 e. The van der Waals surface area contributed by atoms with E-state index in [0.29, 0.717) is 18.2 Å². The van der Waals surface area contributed by atoms with Crippen molar-refractivity contribution in [1.82, 2.24) is 5.32 Å². The standard InChI is InChI=1S/C15H25NO/c1-10-7-14(5-6-17-10)16-11(2)15-9-12-3-4-13(15)8-12/h3-4,10-16H,5-9H2,1-2H3. The van der Waals surface area contributed by atoms with E-state index in [1.165, 1.54) is 25.7 Å². The smallest absolute Gasteiger partial charge is 0.0561 e. The molecule has 2 aliphatic carbocycles. The SMILES string of the molecule is CC1CC(NC(C)C2CC3C=CC2C3)CCO1. The Morgan fingerprint density at radius 1 is 1.24 bits per heavy atom. The van der Waals surface area contributed by atoms with Crippen LogP contribution in [0, 0.1) is 17.8 Å². The van der Waals surface area contributed by atoms with Crippen LogP contribution in [0.1, 0.15) is 39.5 Å². The van der Waals surface area contributed by atoms with E-state index in [2.05, 4.69) is 31.3 Å². The molecule has 6 unspecified atom stereocenters. The number of nitrogens with one attached hydrogen (secondary N) is 1. The second-order valence-corrected chi connectivity index (χ2v) is 6.30. The molecule has 0 aromatic heterocycles. The van der Waals surface area contributed by atoms with Gasteiger partial charge in [0.1, 0.15) is 0 Å². The van der Waals surface area contributed by atoms with Crippen molar-refractivity contribution >= 4 is 0 Å². The molecule has 96 valence electrons. The molecule has 0 amide bonds. The molecule has 1 heterocycles. The van der Waals surface area contributed by atoms with Crippen molar-refractivity contribution in [1.29, 1.82) is 0 Å². The third kappa shape index (κ3) is 2.43. The molecule has 6 atom stereocenters. The molecule has 2 nitrogen and oxygen atoms in total. The van der Waals surface area contributed by atoms with Gasteiger partial charge < -0.3 is 10.1 Å². The summed E-state index contributed by atoms with van der Waals surface area (Å²) in [5, 5.41) is 3.86. The Balaban J connectivity index is 1.53. The molecular weight excluding hydrogens is 210 g/mol. The summed E-state index contributed by atoms with van der Waals surface area (Å²) in [5.74, 6) is 2.63. The minimum absolute atomic E-state index is 0.438. The minimum Gasteiger partial charge on any atom is -0.378 e. The Bertz CT molecular complexity index is 301. The van der Waals surface area contributed by atoms with Crippen LogP contribution in [0.2, 0.25) is 0 Å². The fraction of sp³-hybridized carbons (Fsp3) is 0.867. The number of hydrogen-bond acceptors (Lipinski definition) is 2. The average Bonchev–Trinajstić information content (AvgIpc) is 2.90. The Kier molecular flexibility index (Phi) is 3.27. The molecule has 2 bridgehead atoms. The maximum atomic E-state index is 5.61. The Morgan fingerprint density at radius 2 is 2.12 bits per heavy atom. The lowest BCUT2D eigenvalue weighted by atomic mass is 9.86. The zero-order valence-electron chi connectivity index (χ0n) is 11.1. The molecule has 2 fully saturated rings. The Morgan fingerprint density at radius 3 is 2.76 bits per heavy atom. The summed E-state index contributed by atoms with van der Waals surface area (Å²) >= 11 is 0. The third-order valence-electron chi connectivity index (χ3n) is 4.96. The molecule has 0 spiro atoms. The van der Waals surface area contributed by atoms with Crippen LogP contribution in [0.4, 0.5) is 0 Å². The molecule has 3 aliphatic rings. The molecule has 0 aromatic carbocycles. The first-order valence-corrected chi connectivity index (χ1v) is 7.28. The van der Waals surface area contributed by atoms with Gasteiger partial charge in [0, 0.05) is 18.7 Å². The lowest BCUT2D eigenvalue weighted by Crippen LogP contribution is -2.46. The highest BCUT2D eigenvalue weighted by atomic mass is 16.5. The average molecular weight is 235 g/mol. The Hall–Kier alpha value is -0.340. The number of fused-ring (bicyclic) bond motifs is 2. The highest BCUT2D eigenvalue weighted by Gasteiger charge is 2.39. The molecule has 2 heteroatoms. The lowest BCUT2D eigenvalue weighted by Gasteiger charge is -2.34. The highest BCUT2D eigenvalue weighted by Crippen LogP contribution is 2.45. The van der Waals surface area contributed by atoms with Crippen LogP contribution in [0.5, 0.6) is 0 Å². The van der Waals surface area contributed by atoms with Crippen molar-refractivity contribution in [3.8, 4) is 0 Å². The summed E-state index contributed by atoms with van der Waals surface area (Å²) in [6, 6.07) is 1.35. The lowest BCUT2D eigenvalue weighted by molar-refractivity contribution is 0.00988. The minimum atomic E-state index is 0.438. The molecule has 1 saturated heterocycles. The zero-order valence-corrected chi connectivity index (χ0v) is 11.1. The van der Waals surface area contributed by atoms with Gasteiger partial charge in [-0.05, 0) is 57.3 Å². The van der Waals surface area contributed by atoms with Gasteiger partial charge in [0.15, 0.2) is 0 Å². The second-order valence-electron chi connectivity index (χ2n) is 6.30. The predicted molar refractivity (Wildman–Crippen MR) is 69.9 cm³/mol. The summed E-state index contributed by atoms with van der Waals surface area (Å²) in [6.07, 6.45) is 10.5. The van der Waals surface area contributed by atoms with Crippen LogP contribution in [-0.4, -0.2) is 24.8 Å². The van der Waals surface area contributed by atoms with Crippen LogP contribution in [0.25, 0.3) is 0 Å². The van der Waals surface area contributed by atoms with E-state index in [1.807, 2.05) is 0 Å². The van der Waals surface area contributed by atoms with Gasteiger partial charge >= 0.3 is 0 Å². The molecule has 1 aliphatic heterocycles. The van der Waals surface area contributed by atoms with Crippen LogP contribution >= 0.6 is 0 Å². The van der Waals surface area contributed by atoms with Crippen molar-refractivity contribution < 1.29 is 4.74 Å². The van der Waals surface area contributed by atoms with Gasteiger partial charge in [-0.25, -0.2) is 0 Å². The van der Waals surface area contributed by atoms with Crippen molar-refractivity contribution in [3.63, 3.8) is 0 Å². The number of allylic oxidation sites excluding steroid dienone is 2. The van der Waals surface area contributed by atoms with Crippen molar-refractivity contribution in [3.05, 3.63) is 12.2 Å². The van der Waals surface area contributed by atoms with E-state index in [0.717, 1.165) is 24.4 Å². The molecule has 0 aromatic rings. The Labute approximate surface area is 105 Å². The van der Waals surface area contributed by atoms with Crippen LogP contribution in [0.15, 0.2) is 12.2 Å². The van der Waals surface area contributed by atoms with E-state index in [1.54, 1.807) is 0 Å². The summed E-state index contributed by atoms with van der Waals surface area (Å²) in [7, 11) is 0. The zero-order chi connectivity index (χ0) is 11.8. The topological polar surface area (TPSA) is 21.3 Å². The summed E-state index contributed by atoms with van der Waals surface area (Å²) in [5.41, 5.74) is 0. The second kappa shape index (κ2) is 4.74. The molecule has 17 heavy (non-hydrogen) atoms. The maximum absolute atomic E-state index is 5.61. The molecule has 1 N–H and O–H groups in total. The van der Waals surface area contributed by atoms with Crippen molar-refractivity contribution in [2.24, 2.45) is 17.8 Å². The number of rotatable bonds is 3. The first kappa shape index (κ1) is 11.7. The first-order valence-electron chi connectivity index (χ1n) is 7.28. The highest BCUT2D eigenvalue weighted by molar-refractivity contribution is 5.11. The molecular formula is C15H25NO. The van der Waals surface area contributed by atoms with Crippen LogP contribution in [-0.2, 0) is 4.74 Å². The van der Waals surface area contributed by atoms with Gasteiger partial charge in [0.2, 0.25) is 0 Å². The van der Waals surface area contributed by atoms with Crippen LogP contribution in [0.3, 0.4) is 0 Å². The van der Waals surface area contributed by atoms with E-state index in [9.17, 15) is 0 Å². The van der Waals surface area contributed by atoms with Gasteiger partial charge in [-0.1, -0.05) is 12.2 Å². The fourth-order valence-corrected chi connectivity index (χ4v) is 4.04. The van der Waals surface area contributed by atoms with E-state index in [4.69, 9.17) is 4.74 Å². The summed E-state index contributed by atoms with van der Waals surface area (Å²) in [4.78, 5) is 0. The fourth-order valence-electron chi connectivity index (χ4n) is 4.04. The van der Waals surface area contributed by atoms with Gasteiger partial charge in [0.05, 0.1) is 6.10 Å². The molecule has 0 radical (unpaired) electrons. The maximum Gasteiger partial charge on any atom is 0.0561 e.